The lowest BCUT2D eigenvalue weighted by Gasteiger charge is -2.29. The molecule has 1 amide bonds. The van der Waals surface area contributed by atoms with Crippen LogP contribution in [0.25, 0.3) is 0 Å². The van der Waals surface area contributed by atoms with Crippen LogP contribution in [-0.4, -0.2) is 28.7 Å². The van der Waals surface area contributed by atoms with Gasteiger partial charge in [0.25, 0.3) is 5.69 Å². The van der Waals surface area contributed by atoms with E-state index >= 15 is 0 Å². The summed E-state index contributed by atoms with van der Waals surface area (Å²) in [6.45, 7) is 1.78. The molecule has 1 aliphatic heterocycles. The maximum atomic E-state index is 12.7. The van der Waals surface area contributed by atoms with Crippen molar-refractivity contribution in [2.75, 3.05) is 7.11 Å². The first-order valence-corrected chi connectivity index (χ1v) is 9.36. The Morgan fingerprint density at radius 1 is 1.32 bits per heavy atom. The average molecular weight is 379 g/mol. The number of nitrogens with zero attached hydrogens (tertiary/aromatic N) is 3. The number of aryl methyl sites for hydroxylation is 1. The van der Waals surface area contributed by atoms with Gasteiger partial charge in [-0.2, -0.15) is 5.10 Å². The molecule has 1 heterocycles. The predicted molar refractivity (Wildman–Crippen MR) is 104 cm³/mol. The van der Waals surface area contributed by atoms with Crippen LogP contribution < -0.4 is 4.74 Å². The standard InChI is InChI=1S/C21H21N3O4/c1-3-19(25)23-21(15-6-4-5-7-18(15)24(26)27)16-11-9-13-8-10-14(28-2)12-17(13)20(16)22-23/h4-8,10,12,16,21H,3,9,11H2,1-2H3/t16-,21-/m0/s1. The summed E-state index contributed by atoms with van der Waals surface area (Å²) in [5.74, 6) is 0.496. The van der Waals surface area contributed by atoms with Crippen LogP contribution in [0, 0.1) is 16.0 Å². The Morgan fingerprint density at radius 3 is 2.82 bits per heavy atom. The second-order valence-electron chi connectivity index (χ2n) is 7.01. The normalized spacial score (nSPS) is 20.2. The van der Waals surface area contributed by atoms with Gasteiger partial charge >= 0.3 is 0 Å². The van der Waals surface area contributed by atoms with Gasteiger partial charge in [0, 0.05) is 24.0 Å². The van der Waals surface area contributed by atoms with Crippen LogP contribution in [-0.2, 0) is 11.2 Å². The fourth-order valence-electron chi connectivity index (χ4n) is 4.20. The highest BCUT2D eigenvalue weighted by Crippen LogP contribution is 2.46. The molecule has 0 N–H and O–H groups in total. The number of hydrazone groups is 1. The van der Waals surface area contributed by atoms with Crippen molar-refractivity contribution in [3.63, 3.8) is 0 Å². The van der Waals surface area contributed by atoms with Gasteiger partial charge in [0.2, 0.25) is 5.91 Å². The number of benzene rings is 2. The number of nitro groups is 1. The number of para-hydroxylation sites is 1. The SMILES string of the molecule is CCC(=O)N1N=C2c3cc(OC)ccc3CC[C@@H]2[C@@H]1c1ccccc1[N+](=O)[O-]. The summed E-state index contributed by atoms with van der Waals surface area (Å²) in [5, 5.41) is 17.7. The predicted octanol–water partition coefficient (Wildman–Crippen LogP) is 3.86. The van der Waals surface area contributed by atoms with Crippen molar-refractivity contribution in [2.24, 2.45) is 11.0 Å². The number of amides is 1. The minimum atomic E-state index is -0.469. The third kappa shape index (κ3) is 2.83. The minimum absolute atomic E-state index is 0.0225. The number of hydrogen-bond donors (Lipinski definition) is 0. The fraction of sp³-hybridized carbons (Fsp3) is 0.333. The van der Waals surface area contributed by atoms with E-state index in [-0.39, 0.29) is 28.9 Å². The summed E-state index contributed by atoms with van der Waals surface area (Å²) in [6.07, 6.45) is 1.89. The topological polar surface area (TPSA) is 85.0 Å². The molecule has 7 nitrogen and oxygen atoms in total. The van der Waals surface area contributed by atoms with Gasteiger partial charge in [0.1, 0.15) is 5.75 Å². The number of hydrogen-bond acceptors (Lipinski definition) is 5. The summed E-state index contributed by atoms with van der Waals surface area (Å²) < 4.78 is 5.36. The minimum Gasteiger partial charge on any atom is -0.497 e. The number of carbonyl (C=O) groups is 1. The van der Waals surface area contributed by atoms with Gasteiger partial charge in [-0.05, 0) is 36.6 Å². The number of rotatable bonds is 4. The Labute approximate surface area is 162 Å². The van der Waals surface area contributed by atoms with Crippen LogP contribution in [0.5, 0.6) is 5.75 Å². The van der Waals surface area contributed by atoms with Crippen LogP contribution >= 0.6 is 0 Å². The molecule has 0 aromatic heterocycles. The summed E-state index contributed by atoms with van der Waals surface area (Å²) in [5.41, 5.74) is 3.48. The lowest BCUT2D eigenvalue weighted by atomic mass is 9.77. The fourth-order valence-corrected chi connectivity index (χ4v) is 4.20. The maximum Gasteiger partial charge on any atom is 0.274 e. The summed E-state index contributed by atoms with van der Waals surface area (Å²) in [7, 11) is 1.61. The summed E-state index contributed by atoms with van der Waals surface area (Å²) >= 11 is 0. The first-order chi connectivity index (χ1) is 13.5. The highest BCUT2D eigenvalue weighted by molar-refractivity contribution is 6.07. The zero-order valence-electron chi connectivity index (χ0n) is 15.8. The van der Waals surface area contributed by atoms with Crippen molar-refractivity contribution in [3.8, 4) is 5.75 Å². The largest absolute Gasteiger partial charge is 0.497 e. The van der Waals surface area contributed by atoms with Gasteiger partial charge in [-0.3, -0.25) is 14.9 Å². The third-order valence-corrected chi connectivity index (χ3v) is 5.54. The molecule has 1 aliphatic carbocycles. The Hall–Kier alpha value is -3.22. The van der Waals surface area contributed by atoms with Gasteiger partial charge in [-0.25, -0.2) is 5.01 Å². The Morgan fingerprint density at radius 2 is 2.11 bits per heavy atom. The second kappa shape index (κ2) is 7.07. The van der Waals surface area contributed by atoms with Gasteiger partial charge in [0.15, 0.2) is 0 Å². The number of carbonyl (C=O) groups excluding carboxylic acids is 1. The summed E-state index contributed by atoms with van der Waals surface area (Å²) in [6, 6.07) is 12.1. The van der Waals surface area contributed by atoms with Crippen molar-refractivity contribution in [1.29, 1.82) is 0 Å². The highest BCUT2D eigenvalue weighted by Gasteiger charge is 2.45. The first kappa shape index (κ1) is 18.2. The van der Waals surface area contributed by atoms with E-state index in [1.807, 2.05) is 18.2 Å². The average Bonchev–Trinajstić information content (AvgIpc) is 3.12. The van der Waals surface area contributed by atoms with Crippen molar-refractivity contribution < 1.29 is 14.5 Å². The quantitative estimate of drug-likeness (QED) is 0.596. The number of methoxy groups -OCH3 is 1. The van der Waals surface area contributed by atoms with E-state index in [2.05, 4.69) is 5.10 Å². The molecule has 0 radical (unpaired) electrons. The zero-order chi connectivity index (χ0) is 19.8. The first-order valence-electron chi connectivity index (χ1n) is 9.36. The molecule has 2 atom stereocenters. The summed E-state index contributed by atoms with van der Waals surface area (Å²) in [4.78, 5) is 23.9. The van der Waals surface area contributed by atoms with Crippen LogP contribution in [0.2, 0.25) is 0 Å². The van der Waals surface area contributed by atoms with Gasteiger partial charge in [0.05, 0.1) is 29.4 Å². The van der Waals surface area contributed by atoms with E-state index in [9.17, 15) is 14.9 Å². The molecule has 144 valence electrons. The third-order valence-electron chi connectivity index (χ3n) is 5.54. The van der Waals surface area contributed by atoms with Crippen LogP contribution in [0.1, 0.15) is 42.5 Å². The molecule has 4 rings (SSSR count). The molecule has 2 aliphatic rings. The van der Waals surface area contributed by atoms with E-state index in [0.29, 0.717) is 5.56 Å². The zero-order valence-corrected chi connectivity index (χ0v) is 15.8. The highest BCUT2D eigenvalue weighted by atomic mass is 16.6. The Balaban J connectivity index is 1.86. The van der Waals surface area contributed by atoms with Crippen molar-refractivity contribution in [3.05, 3.63) is 69.3 Å². The smallest absolute Gasteiger partial charge is 0.274 e. The molecular weight excluding hydrogens is 358 g/mol. The molecule has 0 unspecified atom stereocenters. The van der Waals surface area contributed by atoms with E-state index in [1.54, 1.807) is 32.2 Å². The lowest BCUT2D eigenvalue weighted by molar-refractivity contribution is -0.386. The molecular formula is C21H21N3O4. The monoisotopic (exact) mass is 379 g/mol. The van der Waals surface area contributed by atoms with Crippen LogP contribution in [0.15, 0.2) is 47.6 Å². The van der Waals surface area contributed by atoms with Gasteiger partial charge in [-0.1, -0.05) is 25.1 Å². The van der Waals surface area contributed by atoms with Gasteiger partial charge in [-0.15, -0.1) is 0 Å². The number of ether oxygens (including phenoxy) is 1. The van der Waals surface area contributed by atoms with E-state index in [0.717, 1.165) is 35.4 Å². The van der Waals surface area contributed by atoms with Crippen molar-refractivity contribution in [2.45, 2.75) is 32.2 Å². The van der Waals surface area contributed by atoms with Crippen molar-refractivity contribution in [1.82, 2.24) is 5.01 Å². The molecule has 2 aromatic carbocycles. The van der Waals surface area contributed by atoms with E-state index in [1.165, 1.54) is 11.1 Å². The molecule has 0 saturated heterocycles. The molecule has 2 aromatic rings. The molecule has 0 saturated carbocycles. The van der Waals surface area contributed by atoms with Crippen LogP contribution in [0.3, 0.4) is 0 Å². The molecule has 0 fully saturated rings. The van der Waals surface area contributed by atoms with E-state index < -0.39 is 6.04 Å². The lowest BCUT2D eigenvalue weighted by Crippen LogP contribution is -2.32. The Bertz CT molecular complexity index is 985. The molecule has 28 heavy (non-hydrogen) atoms. The van der Waals surface area contributed by atoms with Crippen molar-refractivity contribution >= 4 is 17.3 Å². The Kier molecular flexibility index (Phi) is 4.58. The van der Waals surface area contributed by atoms with Crippen LogP contribution in [0.4, 0.5) is 5.69 Å². The molecule has 7 heteroatoms. The molecule has 0 bridgehead atoms. The van der Waals surface area contributed by atoms with E-state index in [4.69, 9.17) is 4.74 Å². The molecule has 0 spiro atoms. The van der Waals surface area contributed by atoms with Gasteiger partial charge < -0.3 is 4.74 Å². The number of nitro benzene ring substituents is 1. The number of fused-ring (bicyclic) bond motifs is 3. The maximum absolute atomic E-state index is 12.7. The second-order valence-corrected chi connectivity index (χ2v) is 7.01.